The SMILES string of the molecule is N#Cc1ccccc1OCCn1ccc([N+](=O)[O-])n1. The largest absolute Gasteiger partial charge is 0.490 e. The molecule has 2 rings (SSSR count). The Labute approximate surface area is 108 Å². The minimum Gasteiger partial charge on any atom is -0.490 e. The Bertz CT molecular complexity index is 630. The van der Waals surface area contributed by atoms with Gasteiger partial charge in [-0.25, -0.2) is 0 Å². The summed E-state index contributed by atoms with van der Waals surface area (Å²) in [7, 11) is 0. The minimum atomic E-state index is -0.553. The highest BCUT2D eigenvalue weighted by Crippen LogP contribution is 2.16. The summed E-state index contributed by atoms with van der Waals surface area (Å²) in [5.74, 6) is 0.295. The number of nitriles is 1. The summed E-state index contributed by atoms with van der Waals surface area (Å²) in [6.07, 6.45) is 1.51. The fourth-order valence-electron chi connectivity index (χ4n) is 1.51. The Hall–Kier alpha value is -2.88. The number of hydrogen-bond donors (Lipinski definition) is 0. The molecule has 0 fully saturated rings. The molecule has 0 amide bonds. The van der Waals surface area contributed by atoms with Gasteiger partial charge < -0.3 is 14.9 Å². The van der Waals surface area contributed by atoms with Crippen LogP contribution in [0.15, 0.2) is 36.5 Å². The smallest absolute Gasteiger partial charge is 0.389 e. The van der Waals surface area contributed by atoms with E-state index in [4.69, 9.17) is 10.00 Å². The van der Waals surface area contributed by atoms with Gasteiger partial charge in [0.2, 0.25) is 0 Å². The van der Waals surface area contributed by atoms with E-state index in [0.29, 0.717) is 17.9 Å². The second kappa shape index (κ2) is 5.64. The van der Waals surface area contributed by atoms with Crippen LogP contribution in [0.3, 0.4) is 0 Å². The number of nitrogens with zero attached hydrogens (tertiary/aromatic N) is 4. The van der Waals surface area contributed by atoms with Crippen LogP contribution in [0.4, 0.5) is 5.82 Å². The third-order valence-corrected chi connectivity index (χ3v) is 2.40. The quantitative estimate of drug-likeness (QED) is 0.601. The topological polar surface area (TPSA) is 94.0 Å². The van der Waals surface area contributed by atoms with Crippen LogP contribution in [0.5, 0.6) is 5.75 Å². The molecular formula is C12H10N4O3. The van der Waals surface area contributed by atoms with Crippen LogP contribution in [-0.2, 0) is 6.54 Å². The highest BCUT2D eigenvalue weighted by molar-refractivity contribution is 5.42. The molecule has 96 valence electrons. The Morgan fingerprint density at radius 2 is 2.21 bits per heavy atom. The molecule has 1 aromatic carbocycles. The molecule has 0 atom stereocenters. The first-order valence-corrected chi connectivity index (χ1v) is 5.50. The van der Waals surface area contributed by atoms with E-state index in [-0.39, 0.29) is 12.4 Å². The lowest BCUT2D eigenvalue weighted by molar-refractivity contribution is -0.389. The van der Waals surface area contributed by atoms with Crippen molar-refractivity contribution in [3.63, 3.8) is 0 Å². The zero-order valence-electron chi connectivity index (χ0n) is 9.89. The molecule has 1 aromatic heterocycles. The van der Waals surface area contributed by atoms with Gasteiger partial charge in [0.15, 0.2) is 0 Å². The van der Waals surface area contributed by atoms with Crippen molar-refractivity contribution in [3.05, 3.63) is 52.2 Å². The van der Waals surface area contributed by atoms with Crippen molar-refractivity contribution in [3.8, 4) is 11.8 Å². The third kappa shape index (κ3) is 3.07. The average molecular weight is 258 g/mol. The van der Waals surface area contributed by atoms with E-state index in [9.17, 15) is 10.1 Å². The monoisotopic (exact) mass is 258 g/mol. The first kappa shape index (κ1) is 12.6. The van der Waals surface area contributed by atoms with Crippen LogP contribution in [0.1, 0.15) is 5.56 Å². The van der Waals surface area contributed by atoms with Gasteiger partial charge in [0.05, 0.1) is 29.5 Å². The summed E-state index contributed by atoms with van der Waals surface area (Å²) >= 11 is 0. The Morgan fingerprint density at radius 1 is 1.42 bits per heavy atom. The highest BCUT2D eigenvalue weighted by atomic mass is 16.6. The maximum Gasteiger partial charge on any atom is 0.389 e. The third-order valence-electron chi connectivity index (χ3n) is 2.40. The molecule has 19 heavy (non-hydrogen) atoms. The van der Waals surface area contributed by atoms with E-state index in [1.165, 1.54) is 16.9 Å². The zero-order valence-corrected chi connectivity index (χ0v) is 9.89. The standard InChI is InChI=1S/C12H10N4O3/c13-9-10-3-1-2-4-11(10)19-8-7-15-6-5-12(14-15)16(17)18/h1-6H,7-8H2. The summed E-state index contributed by atoms with van der Waals surface area (Å²) in [5, 5.41) is 23.1. The number of benzene rings is 1. The van der Waals surface area contributed by atoms with Gasteiger partial charge in [-0.15, -0.1) is 0 Å². The second-order valence-corrected chi connectivity index (χ2v) is 3.65. The molecule has 0 spiro atoms. The van der Waals surface area contributed by atoms with Crippen molar-refractivity contribution in [1.29, 1.82) is 5.26 Å². The normalized spacial score (nSPS) is 9.84. The maximum atomic E-state index is 10.5. The van der Waals surface area contributed by atoms with E-state index in [1.807, 2.05) is 6.07 Å². The number of ether oxygens (including phenoxy) is 1. The number of para-hydroxylation sites is 1. The number of aromatic nitrogens is 2. The molecule has 0 N–H and O–H groups in total. The molecule has 0 saturated heterocycles. The predicted molar refractivity (Wildman–Crippen MR) is 65.5 cm³/mol. The van der Waals surface area contributed by atoms with Crippen LogP contribution in [0, 0.1) is 21.4 Å². The van der Waals surface area contributed by atoms with Crippen molar-refractivity contribution < 1.29 is 9.66 Å². The summed E-state index contributed by atoms with van der Waals surface area (Å²) in [5.41, 5.74) is 0.453. The van der Waals surface area contributed by atoms with Crippen LogP contribution in [0.25, 0.3) is 0 Å². The van der Waals surface area contributed by atoms with Crippen LogP contribution in [0.2, 0.25) is 0 Å². The van der Waals surface area contributed by atoms with E-state index in [1.54, 1.807) is 24.3 Å². The van der Waals surface area contributed by atoms with Gasteiger partial charge in [-0.2, -0.15) is 9.94 Å². The molecule has 0 aliphatic rings. The van der Waals surface area contributed by atoms with E-state index in [0.717, 1.165) is 0 Å². The van der Waals surface area contributed by atoms with E-state index >= 15 is 0 Å². The fraction of sp³-hybridized carbons (Fsp3) is 0.167. The van der Waals surface area contributed by atoms with Crippen molar-refractivity contribution in [1.82, 2.24) is 9.78 Å². The molecule has 2 aromatic rings. The minimum absolute atomic E-state index is 0.197. The lowest BCUT2D eigenvalue weighted by Crippen LogP contribution is -2.09. The van der Waals surface area contributed by atoms with E-state index < -0.39 is 4.92 Å². The molecule has 7 heteroatoms. The number of nitro groups is 1. The molecule has 1 heterocycles. The molecule has 0 saturated carbocycles. The number of rotatable bonds is 5. The predicted octanol–water partition coefficient (Wildman–Crippen LogP) is 1.74. The molecule has 0 radical (unpaired) electrons. The summed E-state index contributed by atoms with van der Waals surface area (Å²) in [4.78, 5) is 9.90. The van der Waals surface area contributed by atoms with Gasteiger partial charge in [-0.3, -0.25) is 0 Å². The molecule has 0 unspecified atom stereocenters. The van der Waals surface area contributed by atoms with Crippen molar-refractivity contribution in [2.24, 2.45) is 0 Å². The lowest BCUT2D eigenvalue weighted by atomic mass is 10.2. The summed E-state index contributed by atoms with van der Waals surface area (Å²) in [6, 6.07) is 10.2. The molecule has 0 aliphatic carbocycles. The van der Waals surface area contributed by atoms with Gasteiger partial charge in [0.1, 0.15) is 18.4 Å². The average Bonchev–Trinajstić information content (AvgIpc) is 2.88. The van der Waals surface area contributed by atoms with Crippen LogP contribution in [-0.4, -0.2) is 21.3 Å². The molecular weight excluding hydrogens is 248 g/mol. The van der Waals surface area contributed by atoms with Crippen LogP contribution < -0.4 is 4.74 Å². The second-order valence-electron chi connectivity index (χ2n) is 3.65. The van der Waals surface area contributed by atoms with Crippen molar-refractivity contribution in [2.75, 3.05) is 6.61 Å². The molecule has 0 bridgehead atoms. The molecule has 0 aliphatic heterocycles. The van der Waals surface area contributed by atoms with Crippen LogP contribution >= 0.6 is 0 Å². The molecule has 7 nitrogen and oxygen atoms in total. The van der Waals surface area contributed by atoms with Gasteiger partial charge in [-0.05, 0) is 17.1 Å². The Kier molecular flexibility index (Phi) is 3.73. The Balaban J connectivity index is 1.93. The highest BCUT2D eigenvalue weighted by Gasteiger charge is 2.10. The van der Waals surface area contributed by atoms with Gasteiger partial charge >= 0.3 is 5.82 Å². The summed E-state index contributed by atoms with van der Waals surface area (Å²) in [6.45, 7) is 0.644. The van der Waals surface area contributed by atoms with Gasteiger partial charge in [-0.1, -0.05) is 12.1 Å². The lowest BCUT2D eigenvalue weighted by Gasteiger charge is -2.05. The Morgan fingerprint density at radius 3 is 2.89 bits per heavy atom. The van der Waals surface area contributed by atoms with Gasteiger partial charge in [0, 0.05) is 0 Å². The van der Waals surface area contributed by atoms with Crippen molar-refractivity contribution in [2.45, 2.75) is 6.54 Å². The zero-order chi connectivity index (χ0) is 13.7. The maximum absolute atomic E-state index is 10.5. The van der Waals surface area contributed by atoms with E-state index in [2.05, 4.69) is 5.10 Å². The van der Waals surface area contributed by atoms with Gasteiger partial charge in [0.25, 0.3) is 0 Å². The number of hydrogen-bond acceptors (Lipinski definition) is 5. The first-order valence-electron chi connectivity index (χ1n) is 5.50. The fourth-order valence-corrected chi connectivity index (χ4v) is 1.51. The first-order chi connectivity index (χ1) is 9.20. The summed E-state index contributed by atoms with van der Waals surface area (Å²) < 4.78 is 6.87. The van der Waals surface area contributed by atoms with Crippen molar-refractivity contribution >= 4 is 5.82 Å².